The highest BCUT2D eigenvalue weighted by Gasteiger charge is 2.19. The molecule has 2 aromatic rings. The zero-order chi connectivity index (χ0) is 15.6. The molecule has 0 saturated carbocycles. The van der Waals surface area contributed by atoms with Crippen molar-refractivity contribution in [1.29, 1.82) is 0 Å². The second-order valence-corrected chi connectivity index (χ2v) is 4.84. The van der Waals surface area contributed by atoms with Crippen LogP contribution in [0.4, 0.5) is 11.4 Å². The normalized spacial score (nSPS) is 10.2. The molecule has 2 rings (SSSR count). The number of nitro benzene ring substituents is 1. The number of carbonyl (C=O) groups excluding carboxylic acids is 1. The highest BCUT2D eigenvalue weighted by molar-refractivity contribution is 6.44. The number of rotatable bonds is 3. The molecule has 0 unspecified atom stereocenters. The lowest BCUT2D eigenvalue weighted by Gasteiger charge is -2.08. The third kappa shape index (κ3) is 3.42. The number of phenolic OH excluding ortho intramolecular Hbond substituents is 1. The van der Waals surface area contributed by atoms with E-state index in [-0.39, 0.29) is 27.0 Å². The summed E-state index contributed by atoms with van der Waals surface area (Å²) in [7, 11) is 0. The highest BCUT2D eigenvalue weighted by atomic mass is 35.5. The van der Waals surface area contributed by atoms with Crippen LogP contribution in [0.1, 0.15) is 10.4 Å². The molecule has 0 aliphatic rings. The molecule has 0 bridgehead atoms. The number of hydrogen-bond donors (Lipinski definition) is 2. The van der Waals surface area contributed by atoms with Gasteiger partial charge in [-0.2, -0.15) is 0 Å². The van der Waals surface area contributed by atoms with E-state index in [1.54, 1.807) is 6.07 Å². The first-order valence-corrected chi connectivity index (χ1v) is 6.38. The number of nitrogens with zero attached hydrogens (tertiary/aromatic N) is 1. The maximum atomic E-state index is 12.1. The van der Waals surface area contributed by atoms with E-state index in [4.69, 9.17) is 23.2 Å². The molecular formula is C13H8Cl2N2O4. The van der Waals surface area contributed by atoms with Gasteiger partial charge in [-0.3, -0.25) is 14.9 Å². The first-order valence-electron chi connectivity index (χ1n) is 5.62. The molecule has 0 aliphatic heterocycles. The predicted octanol–water partition coefficient (Wildman–Crippen LogP) is 3.86. The summed E-state index contributed by atoms with van der Waals surface area (Å²) >= 11 is 11.7. The Labute approximate surface area is 129 Å². The van der Waals surface area contributed by atoms with Gasteiger partial charge in [0.05, 0.1) is 20.5 Å². The third-order valence-electron chi connectivity index (χ3n) is 2.57. The van der Waals surface area contributed by atoms with Crippen LogP contribution in [-0.2, 0) is 0 Å². The van der Waals surface area contributed by atoms with Gasteiger partial charge in [0.25, 0.3) is 11.6 Å². The van der Waals surface area contributed by atoms with Crippen molar-refractivity contribution < 1.29 is 14.8 Å². The summed E-state index contributed by atoms with van der Waals surface area (Å²) in [6.07, 6.45) is 0. The fraction of sp³-hybridized carbons (Fsp3) is 0. The summed E-state index contributed by atoms with van der Waals surface area (Å²) in [6.45, 7) is 0. The van der Waals surface area contributed by atoms with E-state index in [1.807, 2.05) is 0 Å². The van der Waals surface area contributed by atoms with Crippen LogP contribution < -0.4 is 5.32 Å². The maximum Gasteiger partial charge on any atom is 0.271 e. The molecule has 0 aliphatic carbocycles. The van der Waals surface area contributed by atoms with E-state index in [1.165, 1.54) is 18.2 Å². The van der Waals surface area contributed by atoms with Gasteiger partial charge in [0, 0.05) is 23.9 Å². The number of non-ortho nitro benzene ring substituents is 1. The largest absolute Gasteiger partial charge is 0.508 e. The van der Waals surface area contributed by atoms with Crippen molar-refractivity contribution in [3.05, 3.63) is 62.1 Å². The van der Waals surface area contributed by atoms with Crippen LogP contribution in [0.5, 0.6) is 5.75 Å². The number of nitro groups is 1. The quantitative estimate of drug-likeness (QED) is 0.661. The van der Waals surface area contributed by atoms with Crippen molar-refractivity contribution in [2.75, 3.05) is 5.32 Å². The highest BCUT2D eigenvalue weighted by Crippen LogP contribution is 2.31. The molecule has 0 saturated heterocycles. The fourth-order valence-corrected chi connectivity index (χ4v) is 2.04. The minimum Gasteiger partial charge on any atom is -0.508 e. The number of anilines is 1. The average molecular weight is 327 g/mol. The Bertz CT molecular complexity index is 734. The van der Waals surface area contributed by atoms with Crippen LogP contribution in [0, 0.1) is 10.1 Å². The average Bonchev–Trinajstić information content (AvgIpc) is 2.41. The summed E-state index contributed by atoms with van der Waals surface area (Å²) in [4.78, 5) is 22.2. The van der Waals surface area contributed by atoms with Crippen LogP contribution in [0.15, 0.2) is 36.4 Å². The van der Waals surface area contributed by atoms with Crippen molar-refractivity contribution in [3.63, 3.8) is 0 Å². The first-order chi connectivity index (χ1) is 9.88. The van der Waals surface area contributed by atoms with Gasteiger partial charge >= 0.3 is 0 Å². The molecule has 0 fully saturated rings. The van der Waals surface area contributed by atoms with Gasteiger partial charge in [-0.25, -0.2) is 0 Å². The lowest BCUT2D eigenvalue weighted by atomic mass is 10.1. The number of aromatic hydroxyl groups is 1. The van der Waals surface area contributed by atoms with Crippen molar-refractivity contribution >= 4 is 40.5 Å². The molecule has 21 heavy (non-hydrogen) atoms. The molecule has 6 nitrogen and oxygen atoms in total. The Morgan fingerprint density at radius 2 is 1.95 bits per heavy atom. The van der Waals surface area contributed by atoms with E-state index in [9.17, 15) is 20.0 Å². The smallest absolute Gasteiger partial charge is 0.271 e. The fourth-order valence-electron chi connectivity index (χ4n) is 1.63. The van der Waals surface area contributed by atoms with E-state index in [0.717, 1.165) is 12.1 Å². The SMILES string of the molecule is O=C(Nc1cccc(O)c1)c1cc([N+](=O)[O-])cc(Cl)c1Cl. The van der Waals surface area contributed by atoms with Crippen LogP contribution in [0.2, 0.25) is 10.0 Å². The summed E-state index contributed by atoms with van der Waals surface area (Å²) in [5, 5.41) is 22.4. The molecule has 0 heterocycles. The van der Waals surface area contributed by atoms with E-state index in [0.29, 0.717) is 5.69 Å². The Balaban J connectivity index is 2.37. The minimum atomic E-state index is -0.673. The Hall–Kier alpha value is -2.31. The molecule has 2 N–H and O–H groups in total. The van der Waals surface area contributed by atoms with Gasteiger partial charge in [0.15, 0.2) is 0 Å². The monoisotopic (exact) mass is 326 g/mol. The van der Waals surface area contributed by atoms with Gasteiger partial charge < -0.3 is 10.4 Å². The zero-order valence-corrected chi connectivity index (χ0v) is 11.9. The number of phenols is 1. The number of nitrogens with one attached hydrogen (secondary N) is 1. The van der Waals surface area contributed by atoms with Crippen molar-refractivity contribution in [3.8, 4) is 5.75 Å². The van der Waals surface area contributed by atoms with Gasteiger partial charge in [0.1, 0.15) is 5.75 Å². The van der Waals surface area contributed by atoms with Crippen LogP contribution in [0.25, 0.3) is 0 Å². The molecule has 0 atom stereocenters. The molecule has 108 valence electrons. The standard InChI is InChI=1S/C13H8Cl2N2O4/c14-11-6-8(17(20)21)5-10(12(11)15)13(19)16-7-2-1-3-9(18)4-7/h1-6,18H,(H,16,19). The van der Waals surface area contributed by atoms with Gasteiger partial charge in [-0.15, -0.1) is 0 Å². The van der Waals surface area contributed by atoms with Gasteiger partial charge in [0.2, 0.25) is 0 Å². The van der Waals surface area contributed by atoms with Crippen LogP contribution in [-0.4, -0.2) is 15.9 Å². The predicted molar refractivity (Wildman–Crippen MR) is 79.2 cm³/mol. The van der Waals surface area contributed by atoms with Gasteiger partial charge in [-0.1, -0.05) is 29.3 Å². The lowest BCUT2D eigenvalue weighted by molar-refractivity contribution is -0.384. The Kier molecular flexibility index (Phi) is 4.30. The zero-order valence-electron chi connectivity index (χ0n) is 10.3. The molecule has 8 heteroatoms. The van der Waals surface area contributed by atoms with E-state index in [2.05, 4.69) is 5.32 Å². The maximum absolute atomic E-state index is 12.1. The molecule has 0 aromatic heterocycles. The number of amides is 1. The summed E-state index contributed by atoms with van der Waals surface area (Å²) < 4.78 is 0. The van der Waals surface area contributed by atoms with E-state index >= 15 is 0 Å². The summed E-state index contributed by atoms with van der Waals surface area (Å²) in [5.74, 6) is -0.702. The van der Waals surface area contributed by atoms with Crippen LogP contribution >= 0.6 is 23.2 Å². The molecule has 1 amide bonds. The summed E-state index contributed by atoms with van der Waals surface area (Å²) in [5.41, 5.74) is -0.150. The second kappa shape index (κ2) is 5.99. The third-order valence-corrected chi connectivity index (χ3v) is 3.37. The number of hydrogen-bond acceptors (Lipinski definition) is 4. The lowest BCUT2D eigenvalue weighted by Crippen LogP contribution is -2.13. The van der Waals surface area contributed by atoms with Crippen molar-refractivity contribution in [2.24, 2.45) is 0 Å². The number of carbonyl (C=O) groups is 1. The van der Waals surface area contributed by atoms with Crippen LogP contribution in [0.3, 0.4) is 0 Å². The number of benzene rings is 2. The Morgan fingerprint density at radius 1 is 1.24 bits per heavy atom. The van der Waals surface area contributed by atoms with Crippen molar-refractivity contribution in [2.45, 2.75) is 0 Å². The van der Waals surface area contributed by atoms with Gasteiger partial charge in [-0.05, 0) is 12.1 Å². The second-order valence-electron chi connectivity index (χ2n) is 4.05. The minimum absolute atomic E-state index is 0.0315. The first kappa shape index (κ1) is 15.1. The summed E-state index contributed by atoms with van der Waals surface area (Å²) in [6, 6.07) is 7.94. The molecule has 0 spiro atoms. The molecule has 0 radical (unpaired) electrons. The number of halogens is 2. The molecular weight excluding hydrogens is 319 g/mol. The van der Waals surface area contributed by atoms with E-state index < -0.39 is 10.8 Å². The topological polar surface area (TPSA) is 92.5 Å². The molecule has 2 aromatic carbocycles. The van der Waals surface area contributed by atoms with Crippen molar-refractivity contribution in [1.82, 2.24) is 0 Å². The Morgan fingerprint density at radius 3 is 2.57 bits per heavy atom.